The number of carbonyl (C=O) groups excluding carboxylic acids is 4. The number of hydrogen-bond donors (Lipinski definition) is 2. The normalized spacial score (nSPS) is 33.5. The first-order chi connectivity index (χ1) is 14.3. The molecule has 0 unspecified atom stereocenters. The van der Waals surface area contributed by atoms with Crippen molar-refractivity contribution in [1.82, 2.24) is 15.5 Å². The van der Waals surface area contributed by atoms with E-state index in [1.807, 2.05) is 13.8 Å². The van der Waals surface area contributed by atoms with Crippen LogP contribution in [-0.2, 0) is 19.1 Å². The van der Waals surface area contributed by atoms with E-state index in [4.69, 9.17) is 4.74 Å². The Bertz CT molecular complexity index is 710. The molecule has 0 radical (unpaired) electrons. The molecule has 8 heteroatoms. The van der Waals surface area contributed by atoms with E-state index < -0.39 is 30.0 Å². The highest BCUT2D eigenvalue weighted by molar-refractivity contribution is 6.08. The van der Waals surface area contributed by atoms with Crippen molar-refractivity contribution in [2.45, 2.75) is 70.8 Å². The van der Waals surface area contributed by atoms with E-state index in [1.54, 1.807) is 0 Å². The topological polar surface area (TPSA) is 105 Å². The molecule has 0 aromatic rings. The molecule has 30 heavy (non-hydrogen) atoms. The first-order valence-corrected chi connectivity index (χ1v) is 11.3. The molecule has 1 heterocycles. The van der Waals surface area contributed by atoms with E-state index in [2.05, 4.69) is 10.6 Å². The second-order valence-corrected chi connectivity index (χ2v) is 9.97. The number of ether oxygens (including phenoxy) is 1. The first-order valence-electron chi connectivity index (χ1n) is 11.3. The lowest BCUT2D eigenvalue weighted by Gasteiger charge is -2.56. The van der Waals surface area contributed by atoms with Crippen molar-refractivity contribution < 1.29 is 23.9 Å². The monoisotopic (exact) mass is 419 g/mol. The van der Waals surface area contributed by atoms with Crippen molar-refractivity contribution in [1.29, 1.82) is 0 Å². The molecule has 0 aromatic carbocycles. The van der Waals surface area contributed by atoms with Crippen LogP contribution in [0.1, 0.15) is 65.2 Å². The Balaban J connectivity index is 1.22. The standard InChI is InChI=1S/C22H33N3O5/c1-3-22(4-2)19(28)25(20(29)24-22)11-18(27)30-12-17(26)23-13-21-8-14-5-15(9-21)7-16(6-14)10-21/h14-16H,3-13H2,1-2H3,(H,23,26)(H,24,29). The van der Waals surface area contributed by atoms with Gasteiger partial charge in [-0.2, -0.15) is 0 Å². The van der Waals surface area contributed by atoms with Gasteiger partial charge >= 0.3 is 12.0 Å². The second kappa shape index (κ2) is 7.85. The minimum absolute atomic E-state index is 0.220. The lowest BCUT2D eigenvalue weighted by Crippen LogP contribution is -2.51. The number of nitrogens with zero attached hydrogens (tertiary/aromatic N) is 1. The van der Waals surface area contributed by atoms with E-state index in [1.165, 1.54) is 38.5 Å². The molecular weight excluding hydrogens is 386 g/mol. The van der Waals surface area contributed by atoms with Crippen LogP contribution in [0.25, 0.3) is 0 Å². The number of nitrogens with one attached hydrogen (secondary N) is 2. The van der Waals surface area contributed by atoms with Gasteiger partial charge in [0.2, 0.25) is 0 Å². The number of imide groups is 1. The molecule has 166 valence electrons. The number of urea groups is 1. The molecule has 2 N–H and O–H groups in total. The third-order valence-electron chi connectivity index (χ3n) is 7.93. The summed E-state index contributed by atoms with van der Waals surface area (Å²) >= 11 is 0. The van der Waals surface area contributed by atoms with E-state index in [0.717, 1.165) is 22.7 Å². The number of hydrogen-bond acceptors (Lipinski definition) is 5. The molecule has 1 aliphatic heterocycles. The highest BCUT2D eigenvalue weighted by atomic mass is 16.5. The van der Waals surface area contributed by atoms with Crippen LogP contribution in [0, 0.1) is 23.2 Å². The van der Waals surface area contributed by atoms with Gasteiger partial charge in [0, 0.05) is 6.54 Å². The lowest BCUT2D eigenvalue weighted by molar-refractivity contribution is -0.151. The molecule has 0 atom stereocenters. The molecule has 5 fully saturated rings. The van der Waals surface area contributed by atoms with E-state index in [0.29, 0.717) is 19.4 Å². The summed E-state index contributed by atoms with van der Waals surface area (Å²) < 4.78 is 5.04. The number of carbonyl (C=O) groups is 4. The van der Waals surface area contributed by atoms with Crippen molar-refractivity contribution in [2.24, 2.45) is 23.2 Å². The minimum Gasteiger partial charge on any atom is -0.454 e. The average molecular weight is 420 g/mol. The summed E-state index contributed by atoms with van der Waals surface area (Å²) in [5.74, 6) is 0.940. The summed E-state index contributed by atoms with van der Waals surface area (Å²) in [5.41, 5.74) is -0.731. The fourth-order valence-corrected chi connectivity index (χ4v) is 6.71. The predicted octanol–water partition coefficient (Wildman–Crippen LogP) is 1.97. The number of rotatable bonds is 8. The quantitative estimate of drug-likeness (QED) is 0.462. The molecule has 4 aliphatic carbocycles. The van der Waals surface area contributed by atoms with Gasteiger partial charge in [0.25, 0.3) is 11.8 Å². The van der Waals surface area contributed by atoms with Crippen LogP contribution in [0.4, 0.5) is 4.79 Å². The summed E-state index contributed by atoms with van der Waals surface area (Å²) in [6, 6.07) is -0.591. The van der Waals surface area contributed by atoms with Gasteiger partial charge in [0.15, 0.2) is 6.61 Å². The van der Waals surface area contributed by atoms with Gasteiger partial charge in [0.1, 0.15) is 12.1 Å². The predicted molar refractivity (Wildman–Crippen MR) is 108 cm³/mol. The Kier molecular flexibility index (Phi) is 5.53. The number of amides is 4. The van der Waals surface area contributed by atoms with Crippen molar-refractivity contribution in [3.05, 3.63) is 0 Å². The molecule has 0 spiro atoms. The summed E-state index contributed by atoms with van der Waals surface area (Å²) in [6.45, 7) is 3.42. The smallest absolute Gasteiger partial charge is 0.326 e. The van der Waals surface area contributed by atoms with Crippen LogP contribution >= 0.6 is 0 Å². The molecule has 5 rings (SSSR count). The van der Waals surface area contributed by atoms with E-state index in [9.17, 15) is 19.2 Å². The summed E-state index contributed by atoms with van der Waals surface area (Å²) in [4.78, 5) is 49.9. The third-order valence-corrected chi connectivity index (χ3v) is 7.93. The SMILES string of the molecule is CCC1(CC)NC(=O)N(CC(=O)OCC(=O)NCC23CC4CC(CC(C4)C2)C3)C1=O. The van der Waals surface area contributed by atoms with Gasteiger partial charge in [-0.25, -0.2) is 4.79 Å². The second-order valence-electron chi connectivity index (χ2n) is 9.97. The van der Waals surface area contributed by atoms with Crippen LogP contribution in [0.2, 0.25) is 0 Å². The fourth-order valence-electron chi connectivity index (χ4n) is 6.71. The van der Waals surface area contributed by atoms with Gasteiger partial charge in [-0.1, -0.05) is 13.8 Å². The Labute approximate surface area is 177 Å². The fraction of sp³-hybridized carbons (Fsp3) is 0.818. The van der Waals surface area contributed by atoms with Crippen molar-refractivity contribution in [3.8, 4) is 0 Å². The van der Waals surface area contributed by atoms with Crippen molar-refractivity contribution in [2.75, 3.05) is 19.7 Å². The van der Waals surface area contributed by atoms with Crippen molar-refractivity contribution in [3.63, 3.8) is 0 Å². The zero-order chi connectivity index (χ0) is 21.5. The average Bonchev–Trinajstić information content (AvgIpc) is 2.94. The third kappa shape index (κ3) is 3.81. The molecule has 0 aromatic heterocycles. The number of esters is 1. The lowest BCUT2D eigenvalue weighted by atomic mass is 9.49. The van der Waals surface area contributed by atoms with Crippen LogP contribution < -0.4 is 10.6 Å². The maximum atomic E-state index is 12.5. The van der Waals surface area contributed by atoms with Gasteiger partial charge in [-0.3, -0.25) is 19.3 Å². The van der Waals surface area contributed by atoms with Crippen LogP contribution in [0.5, 0.6) is 0 Å². The molecule has 4 bridgehead atoms. The molecular formula is C22H33N3O5. The summed E-state index contributed by atoms with van der Waals surface area (Å²) in [6.07, 6.45) is 8.55. The van der Waals surface area contributed by atoms with Gasteiger partial charge < -0.3 is 15.4 Å². The highest BCUT2D eigenvalue weighted by Crippen LogP contribution is 2.59. The van der Waals surface area contributed by atoms with Crippen molar-refractivity contribution >= 4 is 23.8 Å². The maximum absolute atomic E-state index is 12.5. The maximum Gasteiger partial charge on any atom is 0.326 e. The minimum atomic E-state index is -0.952. The highest BCUT2D eigenvalue weighted by Gasteiger charge is 2.51. The molecule has 5 aliphatic rings. The van der Waals surface area contributed by atoms with E-state index >= 15 is 0 Å². The Morgan fingerprint density at radius 1 is 1.07 bits per heavy atom. The largest absolute Gasteiger partial charge is 0.454 e. The molecule has 8 nitrogen and oxygen atoms in total. The molecule has 4 saturated carbocycles. The molecule has 1 saturated heterocycles. The van der Waals surface area contributed by atoms with Gasteiger partial charge in [0.05, 0.1) is 0 Å². The summed E-state index contributed by atoms with van der Waals surface area (Å²) in [7, 11) is 0. The zero-order valence-electron chi connectivity index (χ0n) is 18.0. The van der Waals surface area contributed by atoms with Gasteiger partial charge in [-0.05, 0) is 74.5 Å². The van der Waals surface area contributed by atoms with Crippen LogP contribution in [0.15, 0.2) is 0 Å². The first kappa shape index (κ1) is 21.1. The van der Waals surface area contributed by atoms with Crippen LogP contribution in [0.3, 0.4) is 0 Å². The Morgan fingerprint density at radius 3 is 2.13 bits per heavy atom. The van der Waals surface area contributed by atoms with Crippen LogP contribution in [-0.4, -0.2) is 54.0 Å². The Morgan fingerprint density at radius 2 is 1.63 bits per heavy atom. The Hall–Kier alpha value is -2.12. The molecule has 4 amide bonds. The summed E-state index contributed by atoms with van der Waals surface area (Å²) in [5, 5.41) is 5.63. The van der Waals surface area contributed by atoms with E-state index in [-0.39, 0.29) is 17.9 Å². The zero-order valence-corrected chi connectivity index (χ0v) is 18.0. The van der Waals surface area contributed by atoms with Gasteiger partial charge in [-0.15, -0.1) is 0 Å².